The molecule has 66 valence electrons. The average molecular weight is 249 g/mol. The standard InChI is InChI=1S/C9H11BrClN/c1-6(12)4-7-2-3-8(11)5-9(7)10/h2-3,5-6H,4,12H2,1H3. The Hall–Kier alpha value is -0.0500. The quantitative estimate of drug-likeness (QED) is 0.855. The molecular formula is C9H11BrClN. The first kappa shape index (κ1) is 10.0. The molecule has 0 radical (unpaired) electrons. The zero-order chi connectivity index (χ0) is 9.14. The van der Waals surface area contributed by atoms with E-state index in [9.17, 15) is 0 Å². The highest BCUT2D eigenvalue weighted by atomic mass is 79.9. The van der Waals surface area contributed by atoms with Crippen LogP contribution in [0.5, 0.6) is 0 Å². The minimum Gasteiger partial charge on any atom is -0.328 e. The molecule has 0 aliphatic heterocycles. The molecule has 0 saturated heterocycles. The van der Waals surface area contributed by atoms with Crippen LogP contribution in [-0.2, 0) is 6.42 Å². The van der Waals surface area contributed by atoms with Gasteiger partial charge >= 0.3 is 0 Å². The predicted octanol–water partition coefficient (Wildman–Crippen LogP) is 2.99. The lowest BCUT2D eigenvalue weighted by atomic mass is 10.1. The molecule has 0 aliphatic carbocycles. The summed E-state index contributed by atoms with van der Waals surface area (Å²) in [6.07, 6.45) is 0.873. The maximum absolute atomic E-state index is 5.79. The molecule has 1 rings (SSSR count). The Balaban J connectivity index is 2.86. The SMILES string of the molecule is CC(N)Cc1ccc(Cl)cc1Br. The topological polar surface area (TPSA) is 26.0 Å². The van der Waals surface area contributed by atoms with Crippen molar-refractivity contribution in [2.24, 2.45) is 5.73 Å². The van der Waals surface area contributed by atoms with Crippen LogP contribution in [-0.4, -0.2) is 6.04 Å². The van der Waals surface area contributed by atoms with Crippen LogP contribution in [0.4, 0.5) is 0 Å². The third kappa shape index (κ3) is 2.77. The van der Waals surface area contributed by atoms with Crippen LogP contribution < -0.4 is 5.73 Å². The molecule has 0 aliphatic rings. The van der Waals surface area contributed by atoms with Crippen molar-refractivity contribution in [2.45, 2.75) is 19.4 Å². The number of rotatable bonds is 2. The molecule has 1 atom stereocenters. The van der Waals surface area contributed by atoms with Crippen LogP contribution in [0, 0.1) is 0 Å². The molecule has 12 heavy (non-hydrogen) atoms. The number of benzene rings is 1. The summed E-state index contributed by atoms with van der Waals surface area (Å²) in [5.74, 6) is 0. The second-order valence-electron chi connectivity index (χ2n) is 2.92. The summed E-state index contributed by atoms with van der Waals surface area (Å²) in [6, 6.07) is 5.95. The molecule has 0 fully saturated rings. The lowest BCUT2D eigenvalue weighted by molar-refractivity contribution is 0.736. The van der Waals surface area contributed by atoms with Crippen molar-refractivity contribution >= 4 is 27.5 Å². The maximum Gasteiger partial charge on any atom is 0.0417 e. The highest BCUT2D eigenvalue weighted by Crippen LogP contribution is 2.22. The minimum absolute atomic E-state index is 0.183. The van der Waals surface area contributed by atoms with Crippen molar-refractivity contribution in [3.63, 3.8) is 0 Å². The van der Waals surface area contributed by atoms with E-state index in [0.29, 0.717) is 0 Å². The monoisotopic (exact) mass is 247 g/mol. The van der Waals surface area contributed by atoms with Gasteiger partial charge in [0.05, 0.1) is 0 Å². The molecule has 2 N–H and O–H groups in total. The fourth-order valence-electron chi connectivity index (χ4n) is 1.03. The van der Waals surface area contributed by atoms with E-state index in [0.717, 1.165) is 15.9 Å². The van der Waals surface area contributed by atoms with E-state index < -0.39 is 0 Å². The summed E-state index contributed by atoms with van der Waals surface area (Å²) in [5, 5.41) is 0.746. The van der Waals surface area contributed by atoms with Gasteiger partial charge in [-0.25, -0.2) is 0 Å². The second-order valence-corrected chi connectivity index (χ2v) is 4.21. The van der Waals surface area contributed by atoms with Crippen molar-refractivity contribution < 1.29 is 0 Å². The number of hydrogen-bond acceptors (Lipinski definition) is 1. The fraction of sp³-hybridized carbons (Fsp3) is 0.333. The molecule has 0 amide bonds. The van der Waals surface area contributed by atoms with Gasteiger partial charge in [-0.15, -0.1) is 0 Å². The summed E-state index contributed by atoms with van der Waals surface area (Å²) in [5.41, 5.74) is 6.88. The van der Waals surface area contributed by atoms with E-state index in [1.807, 2.05) is 25.1 Å². The Morgan fingerprint density at radius 1 is 1.58 bits per heavy atom. The van der Waals surface area contributed by atoms with Crippen molar-refractivity contribution in [1.29, 1.82) is 0 Å². The lowest BCUT2D eigenvalue weighted by Crippen LogP contribution is -2.17. The van der Waals surface area contributed by atoms with Gasteiger partial charge in [0.25, 0.3) is 0 Å². The number of halogens is 2. The van der Waals surface area contributed by atoms with E-state index in [1.54, 1.807) is 0 Å². The van der Waals surface area contributed by atoms with Crippen molar-refractivity contribution in [3.05, 3.63) is 33.3 Å². The molecule has 3 heteroatoms. The molecular weight excluding hydrogens is 237 g/mol. The first-order chi connectivity index (χ1) is 5.59. The van der Waals surface area contributed by atoms with E-state index in [4.69, 9.17) is 17.3 Å². The molecule has 0 heterocycles. The van der Waals surface area contributed by atoms with Gasteiger partial charge < -0.3 is 5.73 Å². The highest BCUT2D eigenvalue weighted by Gasteiger charge is 2.02. The largest absolute Gasteiger partial charge is 0.328 e. The van der Waals surface area contributed by atoms with Gasteiger partial charge in [-0.3, -0.25) is 0 Å². The van der Waals surface area contributed by atoms with E-state index >= 15 is 0 Å². The third-order valence-electron chi connectivity index (χ3n) is 1.56. The lowest BCUT2D eigenvalue weighted by Gasteiger charge is -2.07. The Morgan fingerprint density at radius 2 is 2.25 bits per heavy atom. The van der Waals surface area contributed by atoms with Crippen LogP contribution in [0.2, 0.25) is 5.02 Å². The van der Waals surface area contributed by atoms with Gasteiger partial charge in [-0.2, -0.15) is 0 Å². The van der Waals surface area contributed by atoms with Crippen LogP contribution in [0.15, 0.2) is 22.7 Å². The molecule has 1 unspecified atom stereocenters. The maximum atomic E-state index is 5.79. The molecule has 1 aromatic carbocycles. The highest BCUT2D eigenvalue weighted by molar-refractivity contribution is 9.10. The molecule has 1 aromatic rings. The van der Waals surface area contributed by atoms with E-state index in [-0.39, 0.29) is 6.04 Å². The van der Waals surface area contributed by atoms with Gasteiger partial charge in [0.1, 0.15) is 0 Å². The van der Waals surface area contributed by atoms with Gasteiger partial charge in [0, 0.05) is 15.5 Å². The Bertz CT molecular complexity index is 273. The average Bonchev–Trinajstić information content (AvgIpc) is 1.94. The first-order valence-electron chi connectivity index (χ1n) is 3.79. The van der Waals surface area contributed by atoms with Crippen LogP contribution in [0.25, 0.3) is 0 Å². The summed E-state index contributed by atoms with van der Waals surface area (Å²) >= 11 is 9.23. The van der Waals surface area contributed by atoms with Crippen LogP contribution in [0.1, 0.15) is 12.5 Å². The molecule has 0 bridgehead atoms. The van der Waals surface area contributed by atoms with Crippen LogP contribution in [0.3, 0.4) is 0 Å². The zero-order valence-corrected chi connectivity index (χ0v) is 9.19. The van der Waals surface area contributed by atoms with E-state index in [1.165, 1.54) is 5.56 Å². The normalized spacial score (nSPS) is 13.0. The Morgan fingerprint density at radius 3 is 2.75 bits per heavy atom. The first-order valence-corrected chi connectivity index (χ1v) is 4.96. The fourth-order valence-corrected chi connectivity index (χ4v) is 1.88. The van der Waals surface area contributed by atoms with Crippen molar-refractivity contribution in [3.8, 4) is 0 Å². The molecule has 1 nitrogen and oxygen atoms in total. The van der Waals surface area contributed by atoms with Gasteiger partial charge in [0.15, 0.2) is 0 Å². The van der Waals surface area contributed by atoms with Gasteiger partial charge in [-0.05, 0) is 31.0 Å². The molecule has 0 aromatic heterocycles. The van der Waals surface area contributed by atoms with Gasteiger partial charge in [-0.1, -0.05) is 33.6 Å². The number of nitrogens with two attached hydrogens (primary N) is 1. The summed E-state index contributed by atoms with van der Waals surface area (Å²) in [6.45, 7) is 1.99. The third-order valence-corrected chi connectivity index (χ3v) is 2.53. The summed E-state index contributed by atoms with van der Waals surface area (Å²) in [4.78, 5) is 0. The summed E-state index contributed by atoms with van der Waals surface area (Å²) in [7, 11) is 0. The molecule has 0 saturated carbocycles. The zero-order valence-electron chi connectivity index (χ0n) is 6.85. The van der Waals surface area contributed by atoms with Crippen molar-refractivity contribution in [1.82, 2.24) is 0 Å². The van der Waals surface area contributed by atoms with Crippen LogP contribution >= 0.6 is 27.5 Å². The minimum atomic E-state index is 0.183. The Kier molecular flexibility index (Phi) is 3.56. The van der Waals surface area contributed by atoms with Gasteiger partial charge in [0.2, 0.25) is 0 Å². The Labute approximate surface area is 86.0 Å². The van der Waals surface area contributed by atoms with E-state index in [2.05, 4.69) is 15.9 Å². The second kappa shape index (κ2) is 4.26. The molecule has 0 spiro atoms. The van der Waals surface area contributed by atoms with Crippen molar-refractivity contribution in [2.75, 3.05) is 0 Å². The summed E-state index contributed by atoms with van der Waals surface area (Å²) < 4.78 is 1.03. The smallest absolute Gasteiger partial charge is 0.0417 e. The number of hydrogen-bond donors (Lipinski definition) is 1. The predicted molar refractivity (Wildman–Crippen MR) is 56.5 cm³/mol.